The molecule has 0 fully saturated rings. The van der Waals surface area contributed by atoms with Gasteiger partial charge in [-0.15, -0.1) is 0 Å². The van der Waals surface area contributed by atoms with Crippen molar-refractivity contribution < 1.29 is 9.13 Å². The zero-order valence-corrected chi connectivity index (χ0v) is 9.77. The Morgan fingerprint density at radius 2 is 1.80 bits per heavy atom. The predicted octanol–water partition coefficient (Wildman–Crippen LogP) is 3.60. The predicted molar refractivity (Wildman–Crippen MR) is 61.4 cm³/mol. The first-order valence-electron chi connectivity index (χ1n) is 5.48. The minimum Gasteiger partial charge on any atom is -0.494 e. The van der Waals surface area contributed by atoms with Gasteiger partial charge in [-0.1, -0.05) is 0 Å². The van der Waals surface area contributed by atoms with E-state index in [1.54, 1.807) is 0 Å². The summed E-state index contributed by atoms with van der Waals surface area (Å²) in [6.07, 6.45) is 1.43. The Kier molecular flexibility index (Phi) is 4.60. The zero-order chi connectivity index (χ0) is 11.3. The second-order valence-electron chi connectivity index (χ2n) is 3.76. The van der Waals surface area contributed by atoms with Gasteiger partial charge in [-0.05, 0) is 62.4 Å². The van der Waals surface area contributed by atoms with Crippen molar-refractivity contribution in [2.45, 2.75) is 33.6 Å². The second-order valence-corrected chi connectivity index (χ2v) is 3.76. The van der Waals surface area contributed by atoms with Gasteiger partial charge in [-0.2, -0.15) is 0 Å². The molecule has 0 heterocycles. The Morgan fingerprint density at radius 3 is 2.27 bits per heavy atom. The number of hydrogen-bond acceptors (Lipinski definition) is 1. The molecule has 0 aliphatic carbocycles. The molecular weight excluding hydrogens is 191 g/mol. The number of halogens is 1. The van der Waals surface area contributed by atoms with Crippen LogP contribution in [0.3, 0.4) is 0 Å². The molecule has 0 atom stereocenters. The highest BCUT2D eigenvalue weighted by atomic mass is 19.1. The summed E-state index contributed by atoms with van der Waals surface area (Å²) in [5, 5.41) is 0. The molecule has 0 radical (unpaired) electrons. The third-order valence-corrected chi connectivity index (χ3v) is 2.54. The second kappa shape index (κ2) is 5.74. The van der Waals surface area contributed by atoms with Crippen LogP contribution >= 0.6 is 0 Å². The highest BCUT2D eigenvalue weighted by Crippen LogP contribution is 2.23. The largest absolute Gasteiger partial charge is 0.494 e. The van der Waals surface area contributed by atoms with Gasteiger partial charge in [0, 0.05) is 0 Å². The monoisotopic (exact) mass is 210 g/mol. The van der Waals surface area contributed by atoms with E-state index in [1.165, 1.54) is 16.7 Å². The molecule has 0 amide bonds. The fraction of sp³-hybridized carbons (Fsp3) is 0.538. The molecule has 0 bridgehead atoms. The molecule has 84 valence electrons. The number of alkyl halides is 1. The number of hydrogen-bond donors (Lipinski definition) is 0. The molecule has 0 unspecified atom stereocenters. The van der Waals surface area contributed by atoms with Crippen LogP contribution in [0.5, 0.6) is 5.75 Å². The van der Waals surface area contributed by atoms with E-state index in [4.69, 9.17) is 4.74 Å². The van der Waals surface area contributed by atoms with Crippen LogP contribution in [-0.2, 0) is 6.42 Å². The number of ether oxygens (including phenoxy) is 1. The molecule has 1 aromatic rings. The summed E-state index contributed by atoms with van der Waals surface area (Å²) in [7, 11) is 0. The zero-order valence-electron chi connectivity index (χ0n) is 9.77. The molecule has 0 saturated heterocycles. The van der Waals surface area contributed by atoms with E-state index in [9.17, 15) is 4.39 Å². The SMILES string of the molecule is CCOc1cc(C)c(CCCF)c(C)c1. The molecular formula is C13H19FO. The molecule has 0 spiro atoms. The van der Waals surface area contributed by atoms with Gasteiger partial charge in [0.25, 0.3) is 0 Å². The Balaban J connectivity index is 2.88. The molecule has 0 aromatic heterocycles. The first-order valence-corrected chi connectivity index (χ1v) is 5.48. The van der Waals surface area contributed by atoms with Crippen molar-refractivity contribution in [2.24, 2.45) is 0 Å². The first kappa shape index (κ1) is 12.0. The molecule has 0 saturated carbocycles. The van der Waals surface area contributed by atoms with Gasteiger partial charge in [0.15, 0.2) is 0 Å². The Labute approximate surface area is 91.3 Å². The third-order valence-electron chi connectivity index (χ3n) is 2.54. The maximum absolute atomic E-state index is 12.1. The van der Waals surface area contributed by atoms with Crippen molar-refractivity contribution in [3.63, 3.8) is 0 Å². The van der Waals surface area contributed by atoms with Crippen LogP contribution < -0.4 is 4.74 Å². The lowest BCUT2D eigenvalue weighted by atomic mass is 9.98. The fourth-order valence-electron chi connectivity index (χ4n) is 1.84. The van der Waals surface area contributed by atoms with Crippen molar-refractivity contribution in [1.29, 1.82) is 0 Å². The lowest BCUT2D eigenvalue weighted by Gasteiger charge is -2.12. The Morgan fingerprint density at radius 1 is 1.20 bits per heavy atom. The molecule has 1 rings (SSSR count). The van der Waals surface area contributed by atoms with Gasteiger partial charge in [0.1, 0.15) is 5.75 Å². The van der Waals surface area contributed by atoms with E-state index in [-0.39, 0.29) is 6.67 Å². The minimum atomic E-state index is -0.244. The maximum Gasteiger partial charge on any atom is 0.119 e. The summed E-state index contributed by atoms with van der Waals surface area (Å²) < 4.78 is 17.6. The van der Waals surface area contributed by atoms with Crippen LogP contribution in [0.15, 0.2) is 12.1 Å². The van der Waals surface area contributed by atoms with Crippen LogP contribution in [0.1, 0.15) is 30.0 Å². The van der Waals surface area contributed by atoms with E-state index in [2.05, 4.69) is 13.8 Å². The summed E-state index contributed by atoms with van der Waals surface area (Å²) >= 11 is 0. The van der Waals surface area contributed by atoms with E-state index in [1.807, 2.05) is 19.1 Å². The summed E-state index contributed by atoms with van der Waals surface area (Å²) in [4.78, 5) is 0. The van der Waals surface area contributed by atoms with Crippen molar-refractivity contribution in [3.05, 3.63) is 28.8 Å². The molecule has 2 heteroatoms. The third kappa shape index (κ3) is 3.22. The molecule has 0 aliphatic heterocycles. The van der Waals surface area contributed by atoms with Crippen LogP contribution in [0.2, 0.25) is 0 Å². The maximum atomic E-state index is 12.1. The molecule has 15 heavy (non-hydrogen) atoms. The van der Waals surface area contributed by atoms with Crippen LogP contribution in [-0.4, -0.2) is 13.3 Å². The summed E-state index contributed by atoms with van der Waals surface area (Å²) in [6, 6.07) is 4.06. The van der Waals surface area contributed by atoms with Gasteiger partial charge in [0.2, 0.25) is 0 Å². The van der Waals surface area contributed by atoms with Gasteiger partial charge in [0.05, 0.1) is 13.3 Å². The van der Waals surface area contributed by atoms with Gasteiger partial charge < -0.3 is 4.74 Å². The van der Waals surface area contributed by atoms with Gasteiger partial charge in [-0.25, -0.2) is 0 Å². The van der Waals surface area contributed by atoms with Gasteiger partial charge in [-0.3, -0.25) is 4.39 Å². The topological polar surface area (TPSA) is 9.23 Å². The quantitative estimate of drug-likeness (QED) is 0.721. The number of rotatable bonds is 5. The van der Waals surface area contributed by atoms with Crippen LogP contribution in [0, 0.1) is 13.8 Å². The number of aryl methyl sites for hydroxylation is 2. The van der Waals surface area contributed by atoms with Crippen molar-refractivity contribution in [1.82, 2.24) is 0 Å². The average Bonchev–Trinajstić information content (AvgIpc) is 2.17. The molecule has 0 aliphatic rings. The van der Waals surface area contributed by atoms with Gasteiger partial charge >= 0.3 is 0 Å². The van der Waals surface area contributed by atoms with Crippen molar-refractivity contribution >= 4 is 0 Å². The molecule has 1 aromatic carbocycles. The Bertz CT molecular complexity index is 297. The van der Waals surface area contributed by atoms with Crippen molar-refractivity contribution in [2.75, 3.05) is 13.3 Å². The standard InChI is InChI=1S/C13H19FO/c1-4-15-12-8-10(2)13(6-5-7-14)11(3)9-12/h8-9H,4-7H2,1-3H3. The van der Waals surface area contributed by atoms with Crippen LogP contribution in [0.4, 0.5) is 4.39 Å². The lowest BCUT2D eigenvalue weighted by molar-refractivity contribution is 0.339. The number of benzene rings is 1. The molecule has 0 N–H and O–H groups in total. The summed E-state index contributed by atoms with van der Waals surface area (Å²) in [6.45, 7) is 6.53. The highest BCUT2D eigenvalue weighted by Gasteiger charge is 2.05. The lowest BCUT2D eigenvalue weighted by Crippen LogP contribution is -1.98. The average molecular weight is 210 g/mol. The summed E-state index contributed by atoms with van der Waals surface area (Å²) in [5.41, 5.74) is 3.66. The van der Waals surface area contributed by atoms with E-state index >= 15 is 0 Å². The van der Waals surface area contributed by atoms with Crippen LogP contribution in [0.25, 0.3) is 0 Å². The Hall–Kier alpha value is -1.05. The van der Waals surface area contributed by atoms with Crippen molar-refractivity contribution in [3.8, 4) is 5.75 Å². The molecule has 1 nitrogen and oxygen atoms in total. The smallest absolute Gasteiger partial charge is 0.119 e. The fourth-order valence-corrected chi connectivity index (χ4v) is 1.84. The van der Waals surface area contributed by atoms with E-state index in [0.29, 0.717) is 13.0 Å². The normalized spacial score (nSPS) is 10.4. The minimum absolute atomic E-state index is 0.244. The summed E-state index contributed by atoms with van der Waals surface area (Å²) in [5.74, 6) is 0.913. The van der Waals surface area contributed by atoms with E-state index in [0.717, 1.165) is 12.2 Å². The highest BCUT2D eigenvalue weighted by molar-refractivity contribution is 5.41. The first-order chi connectivity index (χ1) is 7.19. The van der Waals surface area contributed by atoms with E-state index < -0.39 is 0 Å².